The highest BCUT2D eigenvalue weighted by atomic mass is 32.2. The Bertz CT molecular complexity index is 894. The average Bonchev–Trinajstić information content (AvgIpc) is 2.56. The van der Waals surface area contributed by atoms with Crippen LogP contribution in [0.5, 0.6) is 23.0 Å². The van der Waals surface area contributed by atoms with Crippen molar-refractivity contribution in [2.24, 2.45) is 0 Å². The summed E-state index contributed by atoms with van der Waals surface area (Å²) < 4.78 is 0. The van der Waals surface area contributed by atoms with E-state index in [4.69, 9.17) is 0 Å². The zero-order chi connectivity index (χ0) is 25.9. The lowest BCUT2D eigenvalue weighted by Crippen LogP contribution is -2.18. The van der Waals surface area contributed by atoms with Crippen LogP contribution < -0.4 is 0 Å². The molecule has 0 saturated heterocycles. The number of hydrogen-bond donors (Lipinski definition) is 4. The normalized spacial score (nSPS) is 13.5. The summed E-state index contributed by atoms with van der Waals surface area (Å²) in [4.78, 5) is 0.479. The first kappa shape index (κ1) is 27.2. The van der Waals surface area contributed by atoms with E-state index in [1.807, 2.05) is 95.2 Å². The van der Waals surface area contributed by atoms with E-state index in [-0.39, 0.29) is 54.4 Å². The van der Waals surface area contributed by atoms with Gasteiger partial charge in [-0.1, -0.05) is 94.8 Å². The average molecular weight is 475 g/mol. The first-order valence-corrected chi connectivity index (χ1v) is 12.3. The van der Waals surface area contributed by atoms with Crippen molar-refractivity contribution in [2.75, 3.05) is 0 Å². The number of phenols is 4. The monoisotopic (exact) mass is 474 g/mol. The smallest absolute Gasteiger partial charge is 0.137 e. The minimum absolute atomic E-state index is 0.0322. The van der Waals surface area contributed by atoms with E-state index in [1.165, 1.54) is 0 Å². The van der Waals surface area contributed by atoms with Gasteiger partial charge in [0, 0.05) is 22.3 Å². The maximum absolute atomic E-state index is 11.3. The molecule has 0 aliphatic carbocycles. The minimum atomic E-state index is -0.374. The Balaban J connectivity index is 2.96. The van der Waals surface area contributed by atoms with Crippen LogP contribution in [0.15, 0.2) is 21.9 Å². The van der Waals surface area contributed by atoms with Gasteiger partial charge in [-0.25, -0.2) is 0 Å². The second kappa shape index (κ2) is 8.33. The first-order valence-electron chi connectivity index (χ1n) is 11.5. The van der Waals surface area contributed by atoms with Gasteiger partial charge in [0.25, 0.3) is 0 Å². The fraction of sp³-hybridized carbons (Fsp3) is 0.571. The Morgan fingerprint density at radius 1 is 0.424 bits per heavy atom. The molecule has 0 amide bonds. The van der Waals surface area contributed by atoms with Gasteiger partial charge in [-0.2, -0.15) is 0 Å². The van der Waals surface area contributed by atoms with Crippen LogP contribution in [0.4, 0.5) is 0 Å². The van der Waals surface area contributed by atoms with Gasteiger partial charge in [0.1, 0.15) is 23.0 Å². The van der Waals surface area contributed by atoms with Crippen LogP contribution in [0.25, 0.3) is 0 Å². The van der Waals surface area contributed by atoms with Crippen molar-refractivity contribution in [1.29, 1.82) is 0 Å². The summed E-state index contributed by atoms with van der Waals surface area (Å²) in [6, 6.07) is 3.72. The predicted octanol–water partition coefficient (Wildman–Crippen LogP) is 7.85. The van der Waals surface area contributed by atoms with E-state index >= 15 is 0 Å². The predicted molar refractivity (Wildman–Crippen MR) is 138 cm³/mol. The van der Waals surface area contributed by atoms with Crippen LogP contribution in [-0.4, -0.2) is 20.4 Å². The quantitative estimate of drug-likeness (QED) is 0.356. The molecule has 5 heteroatoms. The van der Waals surface area contributed by atoms with Crippen LogP contribution in [-0.2, 0) is 21.7 Å². The standard InChI is InChI=1S/C28H42O4S/c1-25(2,3)15-13-16(26(4,5)6)20(30)23(19(15)29)33-24-21(31)17(27(7,8)9)14-18(22(24)32)28(10,11)12/h13-14,29-32H,1-12H3. The zero-order valence-electron chi connectivity index (χ0n) is 22.4. The van der Waals surface area contributed by atoms with Gasteiger partial charge in [0.05, 0.1) is 9.79 Å². The molecule has 0 atom stereocenters. The third-order valence-electron chi connectivity index (χ3n) is 5.89. The van der Waals surface area contributed by atoms with Gasteiger partial charge in [-0.15, -0.1) is 0 Å². The molecular formula is C28H42O4S. The van der Waals surface area contributed by atoms with Gasteiger partial charge < -0.3 is 20.4 Å². The van der Waals surface area contributed by atoms with Crippen LogP contribution in [0.3, 0.4) is 0 Å². The fourth-order valence-corrected chi connectivity index (χ4v) is 4.89. The van der Waals surface area contributed by atoms with E-state index in [0.717, 1.165) is 11.8 Å². The van der Waals surface area contributed by atoms with Crippen LogP contribution in [0.1, 0.15) is 105 Å². The molecular weight excluding hydrogens is 432 g/mol. The fourth-order valence-electron chi connectivity index (χ4n) is 3.86. The molecule has 4 nitrogen and oxygen atoms in total. The van der Waals surface area contributed by atoms with Crippen molar-refractivity contribution in [3.63, 3.8) is 0 Å². The lowest BCUT2D eigenvalue weighted by molar-refractivity contribution is 0.394. The van der Waals surface area contributed by atoms with Crippen LogP contribution in [0.2, 0.25) is 0 Å². The summed E-state index contributed by atoms with van der Waals surface area (Å²) in [7, 11) is 0. The van der Waals surface area contributed by atoms with Crippen molar-refractivity contribution in [3.8, 4) is 23.0 Å². The number of hydrogen-bond acceptors (Lipinski definition) is 5. The number of rotatable bonds is 2. The van der Waals surface area contributed by atoms with Gasteiger partial charge in [0.15, 0.2) is 0 Å². The third kappa shape index (κ3) is 5.40. The molecule has 0 aliphatic heterocycles. The maximum atomic E-state index is 11.3. The van der Waals surface area contributed by atoms with Gasteiger partial charge in [-0.05, 0) is 33.8 Å². The molecule has 0 saturated carbocycles. The van der Waals surface area contributed by atoms with Crippen molar-refractivity contribution in [1.82, 2.24) is 0 Å². The van der Waals surface area contributed by atoms with Gasteiger partial charge in [0.2, 0.25) is 0 Å². The Labute approximate surface area is 204 Å². The summed E-state index contributed by atoms with van der Waals surface area (Å²) in [6.45, 7) is 24.1. The summed E-state index contributed by atoms with van der Waals surface area (Å²) >= 11 is 1.02. The molecule has 4 N–H and O–H groups in total. The van der Waals surface area contributed by atoms with Crippen LogP contribution >= 0.6 is 11.8 Å². The molecule has 2 aromatic carbocycles. The van der Waals surface area contributed by atoms with Crippen molar-refractivity contribution < 1.29 is 20.4 Å². The lowest BCUT2D eigenvalue weighted by Gasteiger charge is -2.30. The van der Waals surface area contributed by atoms with E-state index < -0.39 is 0 Å². The molecule has 0 aliphatic rings. The molecule has 0 heterocycles. The number of aromatic hydroxyl groups is 4. The molecule has 0 fully saturated rings. The van der Waals surface area contributed by atoms with Crippen molar-refractivity contribution >= 4 is 11.8 Å². The van der Waals surface area contributed by atoms with Gasteiger partial charge >= 0.3 is 0 Å². The molecule has 2 aromatic rings. The first-order chi connectivity index (χ1) is 14.6. The van der Waals surface area contributed by atoms with E-state index in [9.17, 15) is 20.4 Å². The zero-order valence-corrected chi connectivity index (χ0v) is 23.2. The third-order valence-corrected chi connectivity index (χ3v) is 7.08. The maximum Gasteiger partial charge on any atom is 0.137 e. The molecule has 0 bridgehead atoms. The van der Waals surface area contributed by atoms with E-state index in [1.54, 1.807) is 0 Å². The SMILES string of the molecule is CC(C)(C)c1cc(C(C)(C)C)c(O)c(Sc2c(O)c(C(C)(C)C)cc(C(C)(C)C)c2O)c1O. The van der Waals surface area contributed by atoms with Crippen LogP contribution in [0, 0.1) is 0 Å². The second-order valence-electron chi connectivity index (χ2n) is 13.1. The summed E-state index contributed by atoms with van der Waals surface area (Å²) in [5.41, 5.74) is 1.32. The topological polar surface area (TPSA) is 80.9 Å². The molecule has 33 heavy (non-hydrogen) atoms. The van der Waals surface area contributed by atoms with Gasteiger partial charge in [-0.3, -0.25) is 0 Å². The summed E-state index contributed by atoms with van der Waals surface area (Å²) in [5, 5.41) is 45.0. The summed E-state index contributed by atoms with van der Waals surface area (Å²) in [6.07, 6.45) is 0. The molecule has 0 unspecified atom stereocenters. The Hall–Kier alpha value is -2.01. The summed E-state index contributed by atoms with van der Waals surface area (Å²) in [5.74, 6) is -0.129. The highest BCUT2D eigenvalue weighted by molar-refractivity contribution is 7.99. The number of phenolic OH excluding ortho intramolecular Hbond substituents is 4. The second-order valence-corrected chi connectivity index (χ2v) is 14.1. The molecule has 184 valence electrons. The highest BCUT2D eigenvalue weighted by Crippen LogP contribution is 2.56. The molecule has 0 aromatic heterocycles. The Kier molecular flexibility index (Phi) is 6.88. The number of benzene rings is 2. The lowest BCUT2D eigenvalue weighted by atomic mass is 9.79. The highest BCUT2D eigenvalue weighted by Gasteiger charge is 2.33. The molecule has 0 spiro atoms. The van der Waals surface area contributed by atoms with Crippen molar-refractivity contribution in [3.05, 3.63) is 34.4 Å². The Morgan fingerprint density at radius 3 is 0.758 bits per heavy atom. The van der Waals surface area contributed by atoms with Crippen molar-refractivity contribution in [2.45, 2.75) is 115 Å². The van der Waals surface area contributed by atoms with E-state index in [0.29, 0.717) is 22.3 Å². The molecule has 0 radical (unpaired) electrons. The minimum Gasteiger partial charge on any atom is -0.506 e. The Morgan fingerprint density at radius 2 is 0.606 bits per heavy atom. The largest absolute Gasteiger partial charge is 0.506 e. The molecule has 2 rings (SSSR count). The van der Waals surface area contributed by atoms with E-state index in [2.05, 4.69) is 0 Å².